The third-order valence-corrected chi connectivity index (χ3v) is 2.22. The molecule has 1 rings (SSSR count). The van der Waals surface area contributed by atoms with Gasteiger partial charge in [-0.1, -0.05) is 13.0 Å². The van der Waals surface area contributed by atoms with Crippen LogP contribution in [0.2, 0.25) is 0 Å². The summed E-state index contributed by atoms with van der Waals surface area (Å²) in [5.41, 5.74) is 1.08. The van der Waals surface area contributed by atoms with Gasteiger partial charge in [0.05, 0.1) is 11.6 Å². The van der Waals surface area contributed by atoms with Crippen LogP contribution >= 0.6 is 0 Å². The van der Waals surface area contributed by atoms with Crippen molar-refractivity contribution in [1.29, 1.82) is 5.26 Å². The van der Waals surface area contributed by atoms with Crippen molar-refractivity contribution in [2.75, 3.05) is 18.0 Å². The number of nitriles is 1. The number of benzene rings is 1. The lowest BCUT2D eigenvalue weighted by molar-refractivity contribution is 0.626. The Hall–Kier alpha value is -1.82. The maximum atomic E-state index is 13.3. The highest BCUT2D eigenvalue weighted by atomic mass is 19.1. The van der Waals surface area contributed by atoms with Gasteiger partial charge in [0.15, 0.2) is 0 Å². The summed E-state index contributed by atoms with van der Waals surface area (Å²) in [7, 11) is 0. The van der Waals surface area contributed by atoms with Crippen molar-refractivity contribution in [3.05, 3.63) is 42.2 Å². The maximum Gasteiger partial charge on any atom is 0.126 e. The molecule has 0 radical (unpaired) electrons. The van der Waals surface area contributed by atoms with E-state index in [1.165, 1.54) is 12.1 Å². The van der Waals surface area contributed by atoms with Crippen molar-refractivity contribution in [2.24, 2.45) is 0 Å². The van der Waals surface area contributed by atoms with Gasteiger partial charge >= 0.3 is 0 Å². The van der Waals surface area contributed by atoms with Crippen LogP contribution in [0.25, 0.3) is 0 Å². The molecule has 84 valence electrons. The molecular weight excluding hydrogens is 203 g/mol. The smallest absolute Gasteiger partial charge is 0.126 e. The molecule has 0 unspecified atom stereocenters. The molecule has 0 spiro atoms. The first kappa shape index (κ1) is 12.3. The van der Waals surface area contributed by atoms with E-state index in [1.807, 2.05) is 11.0 Å². The molecule has 0 atom stereocenters. The van der Waals surface area contributed by atoms with Crippen molar-refractivity contribution in [3.63, 3.8) is 0 Å². The fourth-order valence-corrected chi connectivity index (χ4v) is 1.57. The lowest BCUT2D eigenvalue weighted by Gasteiger charge is -2.22. The van der Waals surface area contributed by atoms with Crippen LogP contribution < -0.4 is 4.90 Å². The number of halogens is 1. The van der Waals surface area contributed by atoms with Crippen LogP contribution in [0.5, 0.6) is 0 Å². The molecule has 0 aromatic heterocycles. The Morgan fingerprint density at radius 2 is 2.25 bits per heavy atom. The number of nitrogens with zero attached hydrogens (tertiary/aromatic N) is 2. The molecule has 1 aromatic rings. The molecule has 0 bridgehead atoms. The van der Waals surface area contributed by atoms with Gasteiger partial charge in [-0.25, -0.2) is 4.39 Å². The van der Waals surface area contributed by atoms with Crippen molar-refractivity contribution in [3.8, 4) is 6.07 Å². The van der Waals surface area contributed by atoms with Crippen molar-refractivity contribution in [1.82, 2.24) is 0 Å². The number of anilines is 1. The standard InChI is InChI=1S/C13H15FN2/c1-3-5-16(6-4-2)13-8-11(10-15)7-12(14)9-13/h3,7-9H,1,4-6H2,2H3. The lowest BCUT2D eigenvalue weighted by Crippen LogP contribution is -2.24. The van der Waals surface area contributed by atoms with Crippen LogP contribution in [0.4, 0.5) is 10.1 Å². The molecule has 0 N–H and O–H groups in total. The fourth-order valence-electron chi connectivity index (χ4n) is 1.57. The highest BCUT2D eigenvalue weighted by Crippen LogP contribution is 2.18. The minimum atomic E-state index is -0.376. The van der Waals surface area contributed by atoms with Crippen LogP contribution in [0.15, 0.2) is 30.9 Å². The fraction of sp³-hybridized carbons (Fsp3) is 0.308. The summed E-state index contributed by atoms with van der Waals surface area (Å²) < 4.78 is 13.3. The van der Waals surface area contributed by atoms with Crippen LogP contribution in [0, 0.1) is 17.1 Å². The minimum Gasteiger partial charge on any atom is -0.368 e. The topological polar surface area (TPSA) is 27.0 Å². The van der Waals surface area contributed by atoms with Gasteiger partial charge in [0.25, 0.3) is 0 Å². The predicted molar refractivity (Wildman–Crippen MR) is 63.8 cm³/mol. The number of rotatable bonds is 5. The van der Waals surface area contributed by atoms with E-state index in [2.05, 4.69) is 13.5 Å². The largest absolute Gasteiger partial charge is 0.368 e. The van der Waals surface area contributed by atoms with Gasteiger partial charge in [0, 0.05) is 18.8 Å². The Bertz CT molecular complexity index is 407. The zero-order chi connectivity index (χ0) is 12.0. The molecule has 0 heterocycles. The van der Waals surface area contributed by atoms with E-state index in [4.69, 9.17) is 5.26 Å². The second kappa shape index (κ2) is 5.92. The van der Waals surface area contributed by atoms with Gasteiger partial charge < -0.3 is 4.90 Å². The first-order valence-electron chi connectivity index (χ1n) is 5.27. The van der Waals surface area contributed by atoms with E-state index in [9.17, 15) is 4.39 Å². The molecule has 0 amide bonds. The van der Waals surface area contributed by atoms with Crippen molar-refractivity contribution >= 4 is 5.69 Å². The first-order chi connectivity index (χ1) is 7.71. The average molecular weight is 218 g/mol. The minimum absolute atomic E-state index is 0.347. The summed E-state index contributed by atoms with van der Waals surface area (Å²) in [5, 5.41) is 8.77. The SMILES string of the molecule is C=CCN(CCC)c1cc(F)cc(C#N)c1. The Balaban J connectivity index is 3.03. The van der Waals surface area contributed by atoms with E-state index in [-0.39, 0.29) is 5.82 Å². The normalized spacial score (nSPS) is 9.56. The molecule has 16 heavy (non-hydrogen) atoms. The van der Waals surface area contributed by atoms with Crippen molar-refractivity contribution < 1.29 is 4.39 Å². The Labute approximate surface area is 95.6 Å². The van der Waals surface area contributed by atoms with Crippen molar-refractivity contribution in [2.45, 2.75) is 13.3 Å². The zero-order valence-corrected chi connectivity index (χ0v) is 9.41. The van der Waals surface area contributed by atoms with Gasteiger partial charge in [-0.15, -0.1) is 6.58 Å². The average Bonchev–Trinajstić information content (AvgIpc) is 2.28. The molecule has 0 saturated carbocycles. The van der Waals surface area contributed by atoms with E-state index in [0.29, 0.717) is 12.1 Å². The molecule has 0 aliphatic rings. The lowest BCUT2D eigenvalue weighted by atomic mass is 10.2. The summed E-state index contributed by atoms with van der Waals surface area (Å²) in [5.74, 6) is -0.376. The Kier molecular flexibility index (Phi) is 4.53. The molecule has 2 nitrogen and oxygen atoms in total. The molecule has 1 aromatic carbocycles. The van der Waals surface area contributed by atoms with E-state index in [0.717, 1.165) is 18.7 Å². The van der Waals surface area contributed by atoms with Crippen LogP contribution in [0.3, 0.4) is 0 Å². The number of hydrogen-bond donors (Lipinski definition) is 0. The summed E-state index contributed by atoms with van der Waals surface area (Å²) in [6, 6.07) is 6.33. The van der Waals surface area contributed by atoms with Gasteiger partial charge in [-0.05, 0) is 24.6 Å². The highest BCUT2D eigenvalue weighted by Gasteiger charge is 2.07. The van der Waals surface area contributed by atoms with Crippen LogP contribution in [-0.2, 0) is 0 Å². The van der Waals surface area contributed by atoms with Gasteiger partial charge in [0.2, 0.25) is 0 Å². The molecule has 0 saturated heterocycles. The van der Waals surface area contributed by atoms with E-state index < -0.39 is 0 Å². The predicted octanol–water partition coefficient (Wildman–Crippen LogP) is 3.10. The summed E-state index contributed by atoms with van der Waals surface area (Å²) in [6.45, 7) is 7.20. The molecule has 0 fully saturated rings. The van der Waals surface area contributed by atoms with Gasteiger partial charge in [0.1, 0.15) is 5.82 Å². The summed E-state index contributed by atoms with van der Waals surface area (Å²) >= 11 is 0. The monoisotopic (exact) mass is 218 g/mol. The molecule has 3 heteroatoms. The third kappa shape index (κ3) is 3.09. The van der Waals surface area contributed by atoms with Gasteiger partial charge in [-0.3, -0.25) is 0 Å². The van der Waals surface area contributed by atoms with E-state index >= 15 is 0 Å². The maximum absolute atomic E-state index is 13.3. The quantitative estimate of drug-likeness (QED) is 0.710. The molecule has 0 aliphatic carbocycles. The second-order valence-electron chi connectivity index (χ2n) is 3.54. The highest BCUT2D eigenvalue weighted by molar-refractivity contribution is 5.52. The van der Waals surface area contributed by atoms with Crippen LogP contribution in [0.1, 0.15) is 18.9 Å². The molecular formula is C13H15FN2. The van der Waals surface area contributed by atoms with E-state index in [1.54, 1.807) is 12.1 Å². The summed E-state index contributed by atoms with van der Waals surface area (Å²) in [6.07, 6.45) is 2.73. The second-order valence-corrected chi connectivity index (χ2v) is 3.54. The van der Waals surface area contributed by atoms with Crippen LogP contribution in [-0.4, -0.2) is 13.1 Å². The zero-order valence-electron chi connectivity index (χ0n) is 9.41. The van der Waals surface area contributed by atoms with Gasteiger partial charge in [-0.2, -0.15) is 5.26 Å². The summed E-state index contributed by atoms with van der Waals surface area (Å²) in [4.78, 5) is 2.00. The Morgan fingerprint density at radius 1 is 1.50 bits per heavy atom. The first-order valence-corrected chi connectivity index (χ1v) is 5.27. The Morgan fingerprint density at radius 3 is 2.81 bits per heavy atom. The molecule has 0 aliphatic heterocycles. The number of hydrogen-bond acceptors (Lipinski definition) is 2. The third-order valence-electron chi connectivity index (χ3n) is 2.22.